The third-order valence-corrected chi connectivity index (χ3v) is 7.40. The zero-order valence-electron chi connectivity index (χ0n) is 17.8. The predicted octanol–water partition coefficient (Wildman–Crippen LogP) is 3.57. The maximum Gasteiger partial charge on any atom is 0.209 e. The monoisotopic (exact) mass is 456 g/mol. The van der Waals surface area contributed by atoms with Crippen molar-refractivity contribution in [2.75, 3.05) is 38.2 Å². The number of rotatable bonds is 4. The number of thiol groups is 1. The number of nitrogens with zero attached hydrogens (tertiary/aromatic N) is 4. The summed E-state index contributed by atoms with van der Waals surface area (Å²) in [6.07, 6.45) is 7.34. The molecule has 3 N–H and O–H groups in total. The molecule has 2 aliphatic rings. The quantitative estimate of drug-likeness (QED) is 0.316. The van der Waals surface area contributed by atoms with Gasteiger partial charge in [-0.05, 0) is 63.5 Å². The minimum atomic E-state index is 0.593. The molecule has 1 fully saturated rings. The maximum atomic E-state index is 10.1. The fourth-order valence-electron chi connectivity index (χ4n) is 3.84. The average Bonchev–Trinajstić information content (AvgIpc) is 3.10. The SMILES string of the molecule is CN(C)C1CN(C=O)C1.Nc1ccc(Nc2ncnc3sc4c(c23)CCCC4)cc1S. The summed E-state index contributed by atoms with van der Waals surface area (Å²) in [6.45, 7) is 1.80. The number of carbonyl (C=O) groups excluding carboxylic acids is 1. The fraction of sp³-hybridized carbons (Fsp3) is 0.409. The summed E-state index contributed by atoms with van der Waals surface area (Å²) >= 11 is 6.18. The Morgan fingerprint density at radius 2 is 2.03 bits per heavy atom. The number of thiophene rings is 1. The Morgan fingerprint density at radius 1 is 1.26 bits per heavy atom. The van der Waals surface area contributed by atoms with Crippen molar-refractivity contribution in [2.24, 2.45) is 0 Å². The summed E-state index contributed by atoms with van der Waals surface area (Å²) in [4.78, 5) is 26.2. The van der Waals surface area contributed by atoms with E-state index in [1.165, 1.54) is 35.1 Å². The van der Waals surface area contributed by atoms with Crippen molar-refractivity contribution >= 4 is 57.8 Å². The number of likely N-dealkylation sites (N-methyl/N-ethyl adjacent to an activating group) is 1. The number of likely N-dealkylation sites (tertiary alicyclic amines) is 1. The van der Waals surface area contributed by atoms with Gasteiger partial charge < -0.3 is 20.9 Å². The molecule has 1 amide bonds. The summed E-state index contributed by atoms with van der Waals surface area (Å²) in [7, 11) is 4.07. The van der Waals surface area contributed by atoms with Crippen LogP contribution in [0.2, 0.25) is 0 Å². The van der Waals surface area contributed by atoms with Gasteiger partial charge in [0, 0.05) is 40.3 Å². The van der Waals surface area contributed by atoms with E-state index in [4.69, 9.17) is 5.73 Å². The largest absolute Gasteiger partial charge is 0.398 e. The van der Waals surface area contributed by atoms with Crippen molar-refractivity contribution in [3.8, 4) is 0 Å². The first-order valence-corrected chi connectivity index (χ1v) is 11.7. The molecule has 1 aliphatic carbocycles. The van der Waals surface area contributed by atoms with Gasteiger partial charge in [-0.1, -0.05) is 0 Å². The molecule has 0 saturated carbocycles. The number of aryl methyl sites for hydroxylation is 2. The lowest BCUT2D eigenvalue weighted by molar-refractivity contribution is -0.124. The van der Waals surface area contributed by atoms with Gasteiger partial charge in [0.05, 0.1) is 5.39 Å². The maximum absolute atomic E-state index is 10.1. The highest BCUT2D eigenvalue weighted by Gasteiger charge is 2.26. The lowest BCUT2D eigenvalue weighted by Gasteiger charge is -2.40. The third-order valence-electron chi connectivity index (χ3n) is 5.81. The second kappa shape index (κ2) is 9.42. The van der Waals surface area contributed by atoms with Crippen LogP contribution in [0.1, 0.15) is 23.3 Å². The van der Waals surface area contributed by atoms with Crippen LogP contribution in [0.5, 0.6) is 0 Å². The molecule has 1 aromatic carbocycles. The third kappa shape index (κ3) is 4.78. The van der Waals surface area contributed by atoms with E-state index in [1.807, 2.05) is 32.3 Å². The van der Waals surface area contributed by atoms with Crippen LogP contribution >= 0.6 is 24.0 Å². The number of hydrogen-bond donors (Lipinski definition) is 3. The van der Waals surface area contributed by atoms with Crippen molar-refractivity contribution in [1.82, 2.24) is 19.8 Å². The van der Waals surface area contributed by atoms with Crippen molar-refractivity contribution in [2.45, 2.75) is 36.6 Å². The molecule has 9 heteroatoms. The molecule has 31 heavy (non-hydrogen) atoms. The summed E-state index contributed by atoms with van der Waals surface area (Å²) in [5.74, 6) is 0.877. The number of aromatic nitrogens is 2. The molecular weight excluding hydrogens is 428 g/mol. The average molecular weight is 457 g/mol. The Balaban J connectivity index is 0.000000217. The first kappa shape index (κ1) is 21.9. The molecule has 2 aromatic heterocycles. The van der Waals surface area contributed by atoms with E-state index in [9.17, 15) is 4.79 Å². The van der Waals surface area contributed by atoms with Gasteiger partial charge >= 0.3 is 0 Å². The minimum absolute atomic E-state index is 0.593. The molecule has 0 unspecified atom stereocenters. The van der Waals surface area contributed by atoms with E-state index in [1.54, 1.807) is 22.6 Å². The number of nitrogens with one attached hydrogen (secondary N) is 1. The van der Waals surface area contributed by atoms with E-state index in [-0.39, 0.29) is 0 Å². The van der Waals surface area contributed by atoms with Gasteiger partial charge in [0.1, 0.15) is 17.0 Å². The molecule has 1 aliphatic heterocycles. The topological polar surface area (TPSA) is 87.4 Å². The van der Waals surface area contributed by atoms with E-state index < -0.39 is 0 Å². The van der Waals surface area contributed by atoms with Crippen LogP contribution in [0.4, 0.5) is 17.2 Å². The Hall–Kier alpha value is -2.36. The van der Waals surface area contributed by atoms with Gasteiger partial charge in [0.15, 0.2) is 0 Å². The summed E-state index contributed by atoms with van der Waals surface area (Å²) in [5.41, 5.74) is 8.86. The van der Waals surface area contributed by atoms with E-state index in [2.05, 4.69) is 32.8 Å². The molecular formula is C22H28N6OS2. The van der Waals surface area contributed by atoms with Crippen LogP contribution in [0.25, 0.3) is 10.2 Å². The zero-order valence-corrected chi connectivity index (χ0v) is 19.5. The van der Waals surface area contributed by atoms with Crippen molar-refractivity contribution < 1.29 is 4.79 Å². The first-order chi connectivity index (χ1) is 15.0. The minimum Gasteiger partial charge on any atom is -0.398 e. The molecule has 0 bridgehead atoms. The van der Waals surface area contributed by atoms with Crippen LogP contribution in [0.3, 0.4) is 0 Å². The number of carbonyl (C=O) groups is 1. The van der Waals surface area contributed by atoms with Crippen LogP contribution in [-0.4, -0.2) is 59.4 Å². The Morgan fingerprint density at radius 3 is 2.74 bits per heavy atom. The highest BCUT2D eigenvalue weighted by atomic mass is 32.1. The van der Waals surface area contributed by atoms with E-state index in [0.717, 1.165) is 47.2 Å². The van der Waals surface area contributed by atoms with E-state index in [0.29, 0.717) is 11.7 Å². The van der Waals surface area contributed by atoms with Gasteiger partial charge in [-0.25, -0.2) is 9.97 Å². The van der Waals surface area contributed by atoms with Gasteiger partial charge in [0.25, 0.3) is 0 Å². The normalized spacial score (nSPS) is 15.8. The van der Waals surface area contributed by atoms with Crippen molar-refractivity contribution in [1.29, 1.82) is 0 Å². The Labute approximate surface area is 192 Å². The molecule has 7 nitrogen and oxygen atoms in total. The molecule has 0 radical (unpaired) electrons. The predicted molar refractivity (Wildman–Crippen MR) is 131 cm³/mol. The number of amides is 1. The number of fused-ring (bicyclic) bond motifs is 3. The van der Waals surface area contributed by atoms with Gasteiger partial charge in [-0.3, -0.25) is 4.79 Å². The van der Waals surface area contributed by atoms with Crippen molar-refractivity contribution in [3.63, 3.8) is 0 Å². The van der Waals surface area contributed by atoms with Gasteiger partial charge in [0.2, 0.25) is 6.41 Å². The summed E-state index contributed by atoms with van der Waals surface area (Å²) in [6, 6.07) is 6.31. The molecule has 3 aromatic rings. The van der Waals surface area contributed by atoms with Crippen LogP contribution in [-0.2, 0) is 17.6 Å². The Bertz CT molecular complexity index is 1080. The molecule has 0 atom stereocenters. The van der Waals surface area contributed by atoms with Gasteiger partial charge in [-0.15, -0.1) is 24.0 Å². The zero-order chi connectivity index (χ0) is 22.0. The lowest BCUT2D eigenvalue weighted by atomic mass is 9.97. The highest BCUT2D eigenvalue weighted by molar-refractivity contribution is 7.80. The lowest BCUT2D eigenvalue weighted by Crippen LogP contribution is -2.56. The van der Waals surface area contributed by atoms with Crippen molar-refractivity contribution in [3.05, 3.63) is 35.0 Å². The summed E-state index contributed by atoms with van der Waals surface area (Å²) in [5, 5.41) is 4.58. The smallest absolute Gasteiger partial charge is 0.209 e. The molecule has 3 heterocycles. The van der Waals surface area contributed by atoms with E-state index >= 15 is 0 Å². The second-order valence-electron chi connectivity index (χ2n) is 8.19. The standard InChI is InChI=1S/C16H16N4S2.C6H12N2O/c17-11-6-5-9(7-12(11)21)20-15-14-10-3-1-2-4-13(10)22-16(14)19-8-18-15;1-7(2)6-3-8(4-6)5-9/h5-8,21H,1-4,17H2,(H,18,19,20);5-6H,3-4H2,1-2H3. The van der Waals surface area contributed by atoms with Gasteiger partial charge in [-0.2, -0.15) is 0 Å². The number of anilines is 3. The first-order valence-electron chi connectivity index (χ1n) is 10.4. The molecule has 5 rings (SSSR count). The van der Waals surface area contributed by atoms with Crippen LogP contribution in [0.15, 0.2) is 29.4 Å². The molecule has 1 saturated heterocycles. The molecule has 0 spiro atoms. The number of benzene rings is 1. The Kier molecular flexibility index (Phi) is 6.64. The fourth-order valence-corrected chi connectivity index (χ4v) is 5.29. The number of hydrogen-bond acceptors (Lipinski definition) is 8. The number of nitrogens with two attached hydrogens (primary N) is 1. The number of nitrogen functional groups attached to an aromatic ring is 1. The van der Waals surface area contributed by atoms with Crippen LogP contribution < -0.4 is 11.1 Å². The molecule has 164 valence electrons. The highest BCUT2D eigenvalue weighted by Crippen LogP contribution is 2.39. The summed E-state index contributed by atoms with van der Waals surface area (Å²) < 4.78 is 0. The second-order valence-corrected chi connectivity index (χ2v) is 9.75. The van der Waals surface area contributed by atoms with Crippen LogP contribution in [0, 0.1) is 0 Å².